The molecule has 34 heavy (non-hydrogen) atoms. The third-order valence-corrected chi connectivity index (χ3v) is 6.05. The molecular formula is C32H36N2. The van der Waals surface area contributed by atoms with Crippen LogP contribution < -0.4 is 5.32 Å². The third kappa shape index (κ3) is 5.96. The van der Waals surface area contributed by atoms with Gasteiger partial charge in [-0.05, 0) is 78.3 Å². The van der Waals surface area contributed by atoms with Crippen LogP contribution in [0.2, 0.25) is 0 Å². The number of nitrogens with one attached hydrogen (secondary N) is 2. The Morgan fingerprint density at radius 1 is 0.971 bits per heavy atom. The van der Waals surface area contributed by atoms with Crippen molar-refractivity contribution in [2.45, 2.75) is 40.5 Å². The molecule has 0 aliphatic heterocycles. The van der Waals surface area contributed by atoms with Crippen molar-refractivity contribution in [1.82, 2.24) is 10.3 Å². The summed E-state index contributed by atoms with van der Waals surface area (Å²) >= 11 is 0. The first-order valence-electron chi connectivity index (χ1n) is 11.9. The Labute approximate surface area is 205 Å². The summed E-state index contributed by atoms with van der Waals surface area (Å²) in [5.74, 6) is 0. The van der Waals surface area contributed by atoms with Gasteiger partial charge in [0.15, 0.2) is 0 Å². The first-order chi connectivity index (χ1) is 16.5. The van der Waals surface area contributed by atoms with Crippen LogP contribution in [0.3, 0.4) is 0 Å². The number of hydrogen-bond acceptors (Lipinski definition) is 1. The van der Waals surface area contributed by atoms with E-state index in [0.29, 0.717) is 0 Å². The predicted molar refractivity (Wildman–Crippen MR) is 150 cm³/mol. The molecule has 2 N–H and O–H groups in total. The molecule has 2 nitrogen and oxygen atoms in total. The predicted octanol–water partition coefficient (Wildman–Crippen LogP) is 8.79. The molecule has 2 aromatic carbocycles. The monoisotopic (exact) mass is 448 g/mol. The van der Waals surface area contributed by atoms with Crippen LogP contribution in [0, 0.1) is 6.92 Å². The molecule has 0 aliphatic rings. The Kier molecular flexibility index (Phi) is 8.70. The van der Waals surface area contributed by atoms with Crippen molar-refractivity contribution in [2.75, 3.05) is 0 Å². The lowest BCUT2D eigenvalue weighted by Gasteiger charge is -2.20. The van der Waals surface area contributed by atoms with Crippen LogP contribution in [0.1, 0.15) is 61.4 Å². The lowest BCUT2D eigenvalue weighted by molar-refractivity contribution is 0.920. The third-order valence-electron chi connectivity index (χ3n) is 6.05. The molecule has 0 atom stereocenters. The molecule has 174 valence electrons. The smallest absolute Gasteiger partial charge is 0.0202 e. The Bertz CT molecular complexity index is 1220. The van der Waals surface area contributed by atoms with E-state index in [4.69, 9.17) is 0 Å². The van der Waals surface area contributed by atoms with Crippen LogP contribution in [0.4, 0.5) is 0 Å². The molecule has 0 bridgehead atoms. The average molecular weight is 449 g/mol. The van der Waals surface area contributed by atoms with E-state index >= 15 is 0 Å². The van der Waals surface area contributed by atoms with E-state index in [-0.39, 0.29) is 0 Å². The first-order valence-corrected chi connectivity index (χ1v) is 11.9. The second-order valence-corrected chi connectivity index (χ2v) is 8.59. The number of rotatable bonds is 10. The zero-order chi connectivity index (χ0) is 24.5. The van der Waals surface area contributed by atoms with E-state index in [0.717, 1.165) is 46.5 Å². The number of aromatic nitrogens is 1. The topological polar surface area (TPSA) is 27.8 Å². The standard InChI is InChI=1S/C32H36N2/c1-7-9-14-28-21-29(18-17-23(28)3)31(13-8-2)25(5)34-26(6)32(27-15-11-10-12-16-27)24(4)30-19-20-33-22-30/h7,9-12,14-22,33-34H,1,4,8,13H2,2-3,5-6H3/b14-9-,31-25+,32-26-. The van der Waals surface area contributed by atoms with E-state index in [1.807, 2.05) is 30.6 Å². The largest absolute Gasteiger partial charge is 0.367 e. The van der Waals surface area contributed by atoms with Gasteiger partial charge in [0.05, 0.1) is 0 Å². The van der Waals surface area contributed by atoms with Crippen molar-refractivity contribution in [2.24, 2.45) is 0 Å². The van der Waals surface area contributed by atoms with E-state index in [2.05, 4.69) is 106 Å². The fourth-order valence-electron chi connectivity index (χ4n) is 4.27. The van der Waals surface area contributed by atoms with Gasteiger partial charge in [0.1, 0.15) is 0 Å². The van der Waals surface area contributed by atoms with Crippen LogP contribution in [-0.4, -0.2) is 4.98 Å². The van der Waals surface area contributed by atoms with Gasteiger partial charge in [0, 0.05) is 29.4 Å². The molecule has 0 amide bonds. The minimum absolute atomic E-state index is 0.995. The number of allylic oxidation sites excluding steroid dienone is 7. The summed E-state index contributed by atoms with van der Waals surface area (Å²) in [6.07, 6.45) is 11.9. The summed E-state index contributed by atoms with van der Waals surface area (Å²) in [7, 11) is 0. The van der Waals surface area contributed by atoms with Crippen LogP contribution in [0.5, 0.6) is 0 Å². The SMILES string of the molecule is C=C/C=C\c1cc(/C(CCC)=C(\C)N/C(C)=C(/C(=C)c2cc[nH]c2)c2ccccc2)ccc1C. The van der Waals surface area contributed by atoms with Gasteiger partial charge in [-0.25, -0.2) is 0 Å². The first kappa shape index (κ1) is 24.9. The molecular weight excluding hydrogens is 412 g/mol. The number of H-pyrrole nitrogens is 1. The molecule has 0 spiro atoms. The molecule has 0 fully saturated rings. The zero-order valence-corrected chi connectivity index (χ0v) is 20.9. The van der Waals surface area contributed by atoms with Crippen molar-refractivity contribution in [3.05, 3.63) is 132 Å². The lowest BCUT2D eigenvalue weighted by Crippen LogP contribution is -2.13. The van der Waals surface area contributed by atoms with Crippen molar-refractivity contribution in [1.29, 1.82) is 0 Å². The second-order valence-electron chi connectivity index (χ2n) is 8.59. The highest BCUT2D eigenvalue weighted by molar-refractivity contribution is 6.05. The second kappa shape index (κ2) is 11.9. The molecule has 2 heteroatoms. The molecule has 0 unspecified atom stereocenters. The minimum atomic E-state index is 0.995. The highest BCUT2D eigenvalue weighted by Crippen LogP contribution is 2.33. The van der Waals surface area contributed by atoms with Crippen LogP contribution in [-0.2, 0) is 0 Å². The fourth-order valence-corrected chi connectivity index (χ4v) is 4.27. The minimum Gasteiger partial charge on any atom is -0.367 e. The number of aryl methyl sites for hydroxylation is 1. The highest BCUT2D eigenvalue weighted by Gasteiger charge is 2.14. The van der Waals surface area contributed by atoms with E-state index in [1.165, 1.54) is 22.3 Å². The van der Waals surface area contributed by atoms with Gasteiger partial charge >= 0.3 is 0 Å². The van der Waals surface area contributed by atoms with Crippen molar-refractivity contribution >= 4 is 22.8 Å². The van der Waals surface area contributed by atoms with E-state index in [1.54, 1.807) is 0 Å². The Morgan fingerprint density at radius 3 is 2.38 bits per heavy atom. The van der Waals surface area contributed by atoms with Gasteiger partial charge < -0.3 is 10.3 Å². The lowest BCUT2D eigenvalue weighted by atomic mass is 9.92. The van der Waals surface area contributed by atoms with E-state index < -0.39 is 0 Å². The maximum absolute atomic E-state index is 4.44. The summed E-state index contributed by atoms with van der Waals surface area (Å²) in [4.78, 5) is 3.15. The molecule has 0 saturated carbocycles. The average Bonchev–Trinajstić information content (AvgIpc) is 3.38. The Hall–Kier alpha value is -3.78. The Morgan fingerprint density at radius 2 is 1.74 bits per heavy atom. The fraction of sp³-hybridized carbons (Fsp3) is 0.188. The number of hydrogen-bond donors (Lipinski definition) is 2. The normalized spacial score (nSPS) is 12.8. The Balaban J connectivity index is 2.08. The maximum Gasteiger partial charge on any atom is 0.0202 e. The summed E-state index contributed by atoms with van der Waals surface area (Å²) in [5.41, 5.74) is 11.7. The van der Waals surface area contributed by atoms with Gasteiger partial charge in [-0.3, -0.25) is 0 Å². The molecule has 3 rings (SSSR count). The highest BCUT2D eigenvalue weighted by atomic mass is 14.9. The van der Waals surface area contributed by atoms with Gasteiger partial charge in [-0.2, -0.15) is 0 Å². The van der Waals surface area contributed by atoms with Crippen molar-refractivity contribution in [3.8, 4) is 0 Å². The van der Waals surface area contributed by atoms with Crippen molar-refractivity contribution < 1.29 is 0 Å². The molecule has 1 heterocycles. The van der Waals surface area contributed by atoms with Crippen LogP contribution >= 0.6 is 0 Å². The number of aromatic amines is 1. The number of benzene rings is 2. The molecule has 0 saturated heterocycles. The molecule has 1 aromatic heterocycles. The molecule has 3 aromatic rings. The maximum atomic E-state index is 4.44. The van der Waals surface area contributed by atoms with E-state index in [9.17, 15) is 0 Å². The van der Waals surface area contributed by atoms with Crippen LogP contribution in [0.25, 0.3) is 22.8 Å². The van der Waals surface area contributed by atoms with Crippen LogP contribution in [0.15, 0.2) is 104 Å². The van der Waals surface area contributed by atoms with Gasteiger partial charge in [-0.15, -0.1) is 0 Å². The summed E-state index contributed by atoms with van der Waals surface area (Å²) in [6, 6.07) is 19.2. The quantitative estimate of drug-likeness (QED) is 0.298. The summed E-state index contributed by atoms with van der Waals surface area (Å²) in [6.45, 7) is 16.9. The van der Waals surface area contributed by atoms with Crippen molar-refractivity contribution in [3.63, 3.8) is 0 Å². The molecule has 0 aliphatic carbocycles. The molecule has 0 radical (unpaired) electrons. The zero-order valence-electron chi connectivity index (χ0n) is 20.9. The van der Waals surface area contributed by atoms with Gasteiger partial charge in [0.25, 0.3) is 0 Å². The summed E-state index contributed by atoms with van der Waals surface area (Å²) in [5, 5.41) is 3.74. The summed E-state index contributed by atoms with van der Waals surface area (Å²) < 4.78 is 0. The van der Waals surface area contributed by atoms with Gasteiger partial charge in [0.2, 0.25) is 0 Å². The van der Waals surface area contributed by atoms with Gasteiger partial charge in [-0.1, -0.05) is 87.2 Å².